The van der Waals surface area contributed by atoms with Gasteiger partial charge in [-0.3, -0.25) is 4.79 Å². The fourth-order valence-electron chi connectivity index (χ4n) is 4.66. The lowest BCUT2D eigenvalue weighted by Crippen LogP contribution is -2.22. The summed E-state index contributed by atoms with van der Waals surface area (Å²) in [5.74, 6) is -0.423. The smallest absolute Gasteiger partial charge is 0.393 e. The van der Waals surface area contributed by atoms with E-state index in [1.807, 2.05) is 19.0 Å². The van der Waals surface area contributed by atoms with Gasteiger partial charge in [0.2, 0.25) is 5.88 Å². The zero-order valence-corrected chi connectivity index (χ0v) is 25.5. The number of pyridine rings is 1. The predicted molar refractivity (Wildman–Crippen MR) is 167 cm³/mol. The van der Waals surface area contributed by atoms with Gasteiger partial charge < -0.3 is 19.9 Å². The number of ether oxygens (including phenoxy) is 1. The van der Waals surface area contributed by atoms with E-state index in [1.165, 1.54) is 12.3 Å². The average molecular weight is 650 g/mol. The van der Waals surface area contributed by atoms with Crippen LogP contribution in [0.25, 0.3) is 22.0 Å². The Hall–Kier alpha value is -3.70. The highest BCUT2D eigenvalue weighted by Gasteiger charge is 2.33. The van der Waals surface area contributed by atoms with E-state index >= 15 is 0 Å². The van der Waals surface area contributed by atoms with Crippen LogP contribution in [0.2, 0.25) is 10.0 Å². The minimum absolute atomic E-state index is 0.0129. The summed E-state index contributed by atoms with van der Waals surface area (Å²) in [6.07, 6.45) is -1.98. The Morgan fingerprint density at radius 1 is 1.11 bits per heavy atom. The van der Waals surface area contributed by atoms with E-state index in [2.05, 4.69) is 15.3 Å². The molecule has 4 rings (SSSR count). The number of nitrogens with zero attached hydrogens (tertiary/aromatic N) is 2. The number of carbonyl (C=O) groups is 1. The molecule has 0 atom stereocenters. The molecule has 0 aliphatic rings. The van der Waals surface area contributed by atoms with E-state index in [4.69, 9.17) is 27.9 Å². The summed E-state index contributed by atoms with van der Waals surface area (Å²) in [4.78, 5) is 20.5. The number of benzene rings is 2. The number of rotatable bonds is 13. The van der Waals surface area contributed by atoms with Crippen LogP contribution in [0.3, 0.4) is 0 Å². The van der Waals surface area contributed by atoms with E-state index in [1.54, 1.807) is 42.5 Å². The monoisotopic (exact) mass is 648 g/mol. The van der Waals surface area contributed by atoms with Crippen molar-refractivity contribution in [3.8, 4) is 5.88 Å². The van der Waals surface area contributed by atoms with Gasteiger partial charge in [-0.25, -0.2) is 9.37 Å². The van der Waals surface area contributed by atoms with Gasteiger partial charge in [-0.1, -0.05) is 53.5 Å². The molecule has 6 nitrogen and oxygen atoms in total. The number of aldehydes is 1. The first-order valence-electron chi connectivity index (χ1n) is 13.6. The van der Waals surface area contributed by atoms with Crippen LogP contribution in [0.1, 0.15) is 23.2 Å². The number of aromatic amines is 1. The quantitative estimate of drug-likeness (QED) is 0.0677. The number of halogens is 6. The minimum Gasteiger partial charge on any atom is -0.476 e. The van der Waals surface area contributed by atoms with Crippen molar-refractivity contribution in [1.29, 1.82) is 0 Å². The van der Waals surface area contributed by atoms with Crippen molar-refractivity contribution in [2.75, 3.05) is 40.3 Å². The van der Waals surface area contributed by atoms with Crippen LogP contribution >= 0.6 is 23.2 Å². The lowest BCUT2D eigenvalue weighted by atomic mass is 9.90. The number of hydrogen-bond donors (Lipinski definition) is 2. The normalized spacial score (nSPS) is 13.0. The molecule has 232 valence electrons. The number of likely N-dealkylation sites (N-methyl/N-ethyl adjacent to an activating group) is 1. The summed E-state index contributed by atoms with van der Waals surface area (Å²) < 4.78 is 61.8. The number of aromatic nitrogens is 2. The van der Waals surface area contributed by atoms with Crippen molar-refractivity contribution in [1.82, 2.24) is 20.2 Å². The molecule has 4 aromatic rings. The second kappa shape index (κ2) is 14.9. The standard InChI is InChI=1S/C32H30Cl2F4N4O2/c1-42(2)18-20(19-43)11-12-39-13-14-44-28-10-7-21(17-40-28)29(31-30(34)24-5-3-4-6-27(24)41-31)25(16-32(36,37)38)23-9-8-22(35)15-26(23)33/h3-11,15,17,19,39,41H,12-14,16,18H2,1-2H3/b20-11-,29-25+. The van der Waals surface area contributed by atoms with Crippen molar-refractivity contribution in [2.24, 2.45) is 0 Å². The lowest BCUT2D eigenvalue weighted by Gasteiger charge is -2.19. The SMILES string of the molecule is CN(C)C/C(C=O)=C/CNCCOc1ccc(/C(=C(/CC(F)(F)F)c2ccc(F)cc2Cl)c2[nH]c3ccccc3c2Cl)cn1. The Kier molecular flexibility index (Phi) is 11.2. The first kappa shape index (κ1) is 33.2. The summed E-state index contributed by atoms with van der Waals surface area (Å²) in [6, 6.07) is 13.4. The third-order valence-electron chi connectivity index (χ3n) is 6.54. The molecule has 44 heavy (non-hydrogen) atoms. The van der Waals surface area contributed by atoms with Crippen LogP contribution in [-0.2, 0) is 4.79 Å². The maximum atomic E-state index is 14.1. The Morgan fingerprint density at radius 2 is 1.89 bits per heavy atom. The molecule has 0 aliphatic carbocycles. The van der Waals surface area contributed by atoms with E-state index < -0.39 is 18.4 Å². The Bertz CT molecular complexity index is 1670. The van der Waals surface area contributed by atoms with E-state index in [0.717, 1.165) is 18.4 Å². The molecular formula is C32H30Cl2F4N4O2. The third kappa shape index (κ3) is 8.69. The van der Waals surface area contributed by atoms with Crippen molar-refractivity contribution in [2.45, 2.75) is 12.6 Å². The topological polar surface area (TPSA) is 70.2 Å². The number of carbonyl (C=O) groups excluding carboxylic acids is 1. The molecule has 2 aromatic carbocycles. The van der Waals surface area contributed by atoms with E-state index in [0.29, 0.717) is 41.7 Å². The molecule has 0 bridgehead atoms. The van der Waals surface area contributed by atoms with Gasteiger partial charge in [0.15, 0.2) is 0 Å². The second-order valence-corrected chi connectivity index (χ2v) is 11.0. The zero-order chi connectivity index (χ0) is 31.9. The molecule has 0 saturated heterocycles. The molecule has 0 fully saturated rings. The molecular weight excluding hydrogens is 619 g/mol. The molecule has 0 amide bonds. The van der Waals surface area contributed by atoms with Crippen LogP contribution in [0, 0.1) is 5.82 Å². The molecule has 2 aromatic heterocycles. The molecule has 0 radical (unpaired) electrons. The maximum Gasteiger partial charge on any atom is 0.393 e. The zero-order valence-electron chi connectivity index (χ0n) is 23.9. The minimum atomic E-state index is -4.63. The van der Waals surface area contributed by atoms with Gasteiger partial charge in [-0.05, 0) is 49.5 Å². The van der Waals surface area contributed by atoms with Crippen molar-refractivity contribution >= 4 is 51.5 Å². The van der Waals surface area contributed by atoms with Crippen LogP contribution in [0.5, 0.6) is 5.88 Å². The number of hydrogen-bond acceptors (Lipinski definition) is 5. The van der Waals surface area contributed by atoms with Gasteiger partial charge in [-0.15, -0.1) is 0 Å². The highest BCUT2D eigenvalue weighted by atomic mass is 35.5. The summed E-state index contributed by atoms with van der Waals surface area (Å²) in [7, 11) is 3.75. The number of H-pyrrole nitrogens is 1. The summed E-state index contributed by atoms with van der Waals surface area (Å²) in [6.45, 7) is 1.73. The number of fused-ring (bicyclic) bond motifs is 1. The van der Waals surface area contributed by atoms with Gasteiger partial charge >= 0.3 is 6.18 Å². The highest BCUT2D eigenvalue weighted by Crippen LogP contribution is 2.44. The van der Waals surface area contributed by atoms with E-state index in [9.17, 15) is 22.4 Å². The van der Waals surface area contributed by atoms with Gasteiger partial charge in [0.25, 0.3) is 0 Å². The Balaban J connectivity index is 1.67. The molecule has 0 aliphatic heterocycles. The first-order valence-corrected chi connectivity index (χ1v) is 14.3. The second-order valence-electron chi connectivity index (χ2n) is 10.2. The Morgan fingerprint density at radius 3 is 2.52 bits per heavy atom. The van der Waals surface area contributed by atoms with Crippen LogP contribution in [0.15, 0.2) is 72.4 Å². The predicted octanol–water partition coefficient (Wildman–Crippen LogP) is 7.58. The number of nitrogens with one attached hydrogen (secondary N) is 2. The summed E-state index contributed by atoms with van der Waals surface area (Å²) in [5, 5.41) is 3.81. The molecule has 0 spiro atoms. The lowest BCUT2D eigenvalue weighted by molar-refractivity contribution is -0.122. The number of alkyl halides is 3. The van der Waals surface area contributed by atoms with Crippen LogP contribution in [0.4, 0.5) is 17.6 Å². The third-order valence-corrected chi connectivity index (χ3v) is 7.25. The first-order chi connectivity index (χ1) is 21.0. The highest BCUT2D eigenvalue weighted by molar-refractivity contribution is 6.38. The number of allylic oxidation sites excluding steroid dienone is 1. The number of para-hydroxylation sites is 1. The molecule has 2 heterocycles. The van der Waals surface area contributed by atoms with Gasteiger partial charge in [0, 0.05) is 59.5 Å². The molecule has 2 N–H and O–H groups in total. The largest absolute Gasteiger partial charge is 0.476 e. The molecule has 0 unspecified atom stereocenters. The maximum absolute atomic E-state index is 14.1. The molecule has 12 heteroatoms. The van der Waals surface area contributed by atoms with Gasteiger partial charge in [0.05, 0.1) is 22.2 Å². The van der Waals surface area contributed by atoms with Crippen molar-refractivity contribution in [3.63, 3.8) is 0 Å². The Labute approximate surface area is 262 Å². The fourth-order valence-corrected chi connectivity index (χ4v) is 5.25. The molecule has 0 saturated carbocycles. The fraction of sp³-hybridized carbons (Fsp3) is 0.250. The van der Waals surface area contributed by atoms with Gasteiger partial charge in [-0.2, -0.15) is 13.2 Å². The summed E-state index contributed by atoms with van der Waals surface area (Å²) >= 11 is 13.1. The van der Waals surface area contributed by atoms with Crippen LogP contribution < -0.4 is 10.1 Å². The van der Waals surface area contributed by atoms with Gasteiger partial charge in [0.1, 0.15) is 18.7 Å². The van der Waals surface area contributed by atoms with Crippen LogP contribution in [-0.4, -0.2) is 67.7 Å². The van der Waals surface area contributed by atoms with Crippen molar-refractivity contribution in [3.05, 3.63) is 105 Å². The van der Waals surface area contributed by atoms with Crippen molar-refractivity contribution < 1.29 is 27.1 Å². The van der Waals surface area contributed by atoms with E-state index in [-0.39, 0.29) is 44.9 Å². The summed E-state index contributed by atoms with van der Waals surface area (Å²) in [5.41, 5.74) is 1.77. The average Bonchev–Trinajstić information content (AvgIpc) is 3.29.